The topological polar surface area (TPSA) is 92.7 Å². The van der Waals surface area contributed by atoms with E-state index in [0.717, 1.165) is 24.9 Å². The number of benzene rings is 1. The van der Waals surface area contributed by atoms with Crippen molar-refractivity contribution in [3.63, 3.8) is 0 Å². The zero-order chi connectivity index (χ0) is 19.5. The summed E-state index contributed by atoms with van der Waals surface area (Å²) in [5.41, 5.74) is 1.06. The van der Waals surface area contributed by atoms with Crippen molar-refractivity contribution >= 4 is 28.7 Å². The summed E-state index contributed by atoms with van der Waals surface area (Å²) in [6, 6.07) is 9.78. The highest BCUT2D eigenvalue weighted by Crippen LogP contribution is 2.24. The fraction of sp³-hybridized carbons (Fsp3) is 0.400. The molecule has 0 spiro atoms. The number of H-pyrrole nitrogens is 1. The van der Waals surface area contributed by atoms with Gasteiger partial charge in [0, 0.05) is 6.04 Å². The number of amides is 1. The minimum atomic E-state index is -0.254. The molecule has 146 valence electrons. The molecule has 28 heavy (non-hydrogen) atoms. The summed E-state index contributed by atoms with van der Waals surface area (Å²) in [5.74, 6) is 0.706. The minimum Gasteiger partial charge on any atom is -0.352 e. The van der Waals surface area contributed by atoms with Crippen molar-refractivity contribution in [2.75, 3.05) is 5.75 Å². The summed E-state index contributed by atoms with van der Waals surface area (Å²) < 4.78 is 1.64. The van der Waals surface area contributed by atoms with Gasteiger partial charge in [-0.1, -0.05) is 49.7 Å². The number of aromatic nitrogens is 4. The van der Waals surface area contributed by atoms with Gasteiger partial charge in [-0.05, 0) is 30.9 Å². The number of hydrogen-bond acceptors (Lipinski definition) is 5. The van der Waals surface area contributed by atoms with Gasteiger partial charge >= 0.3 is 0 Å². The molecule has 0 aliphatic heterocycles. The van der Waals surface area contributed by atoms with Crippen LogP contribution in [0.3, 0.4) is 0 Å². The molecule has 0 saturated heterocycles. The second-order valence-corrected chi connectivity index (χ2v) is 8.19. The molecular formula is C20H23N5O2S. The SMILES string of the molecule is C[C@H]1CCCC[C@H]1NC(=O)CSc1nc2c(cnn2-c2ccccc2)c(=O)[nH]1. The fourth-order valence-electron chi connectivity index (χ4n) is 3.64. The molecule has 1 saturated carbocycles. The number of carbonyl (C=O) groups is 1. The minimum absolute atomic E-state index is 0.0249. The molecule has 1 aliphatic rings. The second kappa shape index (κ2) is 8.18. The lowest BCUT2D eigenvalue weighted by atomic mass is 9.86. The van der Waals surface area contributed by atoms with Crippen molar-refractivity contribution in [2.24, 2.45) is 5.92 Å². The standard InChI is InChI=1S/C20H23N5O2S/c1-13-7-5-6-10-16(13)22-17(26)12-28-20-23-18-15(19(27)24-20)11-21-25(18)14-8-3-2-4-9-14/h2-4,8-9,11,13,16H,5-7,10,12H2,1H3,(H,22,26)(H,23,24,27)/t13-,16+/m0/s1. The van der Waals surface area contributed by atoms with Crippen LogP contribution in [0.1, 0.15) is 32.6 Å². The van der Waals surface area contributed by atoms with Gasteiger partial charge in [0.15, 0.2) is 10.8 Å². The summed E-state index contributed by atoms with van der Waals surface area (Å²) in [4.78, 5) is 32.0. The Kier molecular flexibility index (Phi) is 5.47. The number of nitrogens with one attached hydrogen (secondary N) is 2. The van der Waals surface area contributed by atoms with Crippen LogP contribution >= 0.6 is 11.8 Å². The summed E-state index contributed by atoms with van der Waals surface area (Å²) in [7, 11) is 0. The Hall–Kier alpha value is -2.61. The third-order valence-electron chi connectivity index (χ3n) is 5.21. The second-order valence-electron chi connectivity index (χ2n) is 7.22. The Morgan fingerprint density at radius 3 is 2.86 bits per heavy atom. The van der Waals surface area contributed by atoms with E-state index in [1.165, 1.54) is 24.4 Å². The highest BCUT2D eigenvalue weighted by molar-refractivity contribution is 7.99. The van der Waals surface area contributed by atoms with Crippen molar-refractivity contribution in [1.29, 1.82) is 0 Å². The smallest absolute Gasteiger partial charge is 0.262 e. The molecule has 1 fully saturated rings. The van der Waals surface area contributed by atoms with Gasteiger partial charge in [0.2, 0.25) is 5.91 Å². The molecule has 0 radical (unpaired) electrons. The Morgan fingerprint density at radius 1 is 1.29 bits per heavy atom. The summed E-state index contributed by atoms with van der Waals surface area (Å²) in [5, 5.41) is 8.26. The number of hydrogen-bond donors (Lipinski definition) is 2. The van der Waals surface area contributed by atoms with Gasteiger partial charge in [0.1, 0.15) is 5.39 Å². The van der Waals surface area contributed by atoms with Gasteiger partial charge in [-0.25, -0.2) is 9.67 Å². The molecular weight excluding hydrogens is 374 g/mol. The number of rotatable bonds is 5. The lowest BCUT2D eigenvalue weighted by molar-refractivity contribution is -0.119. The van der Waals surface area contributed by atoms with Crippen LogP contribution in [-0.2, 0) is 4.79 Å². The molecule has 7 nitrogen and oxygen atoms in total. The number of fused-ring (bicyclic) bond motifs is 1. The maximum atomic E-state index is 12.4. The van der Waals surface area contributed by atoms with E-state index in [-0.39, 0.29) is 23.3 Å². The quantitative estimate of drug-likeness (QED) is 0.510. The first-order chi connectivity index (χ1) is 13.6. The summed E-state index contributed by atoms with van der Waals surface area (Å²) >= 11 is 1.23. The first-order valence-electron chi connectivity index (χ1n) is 9.57. The third kappa shape index (κ3) is 3.96. The zero-order valence-electron chi connectivity index (χ0n) is 15.7. The van der Waals surface area contributed by atoms with Gasteiger partial charge < -0.3 is 10.3 Å². The van der Waals surface area contributed by atoms with E-state index >= 15 is 0 Å². The Morgan fingerprint density at radius 2 is 2.07 bits per heavy atom. The molecule has 2 atom stereocenters. The molecule has 4 rings (SSSR count). The predicted molar refractivity (Wildman–Crippen MR) is 110 cm³/mol. The van der Waals surface area contributed by atoms with Crippen LogP contribution in [0.25, 0.3) is 16.7 Å². The molecule has 8 heteroatoms. The van der Waals surface area contributed by atoms with Crippen molar-refractivity contribution in [2.45, 2.75) is 43.8 Å². The molecule has 1 aromatic carbocycles. The van der Waals surface area contributed by atoms with E-state index in [1.807, 2.05) is 30.3 Å². The molecule has 1 amide bonds. The number of thioether (sulfide) groups is 1. The Bertz CT molecular complexity index is 1030. The van der Waals surface area contributed by atoms with E-state index in [4.69, 9.17) is 0 Å². The van der Waals surface area contributed by atoms with Crippen LogP contribution in [0.15, 0.2) is 46.5 Å². The highest BCUT2D eigenvalue weighted by atomic mass is 32.2. The van der Waals surface area contributed by atoms with Crippen molar-refractivity contribution in [3.8, 4) is 5.69 Å². The predicted octanol–water partition coefficient (Wildman–Crippen LogP) is 2.90. The van der Waals surface area contributed by atoms with Crippen molar-refractivity contribution < 1.29 is 4.79 Å². The van der Waals surface area contributed by atoms with E-state index in [1.54, 1.807) is 4.68 Å². The van der Waals surface area contributed by atoms with Gasteiger partial charge in [0.25, 0.3) is 5.56 Å². The van der Waals surface area contributed by atoms with E-state index in [0.29, 0.717) is 22.1 Å². The molecule has 0 bridgehead atoms. The van der Waals surface area contributed by atoms with Crippen molar-refractivity contribution in [1.82, 2.24) is 25.1 Å². The van der Waals surface area contributed by atoms with E-state index < -0.39 is 0 Å². The molecule has 3 aromatic rings. The average Bonchev–Trinajstić information content (AvgIpc) is 3.13. The van der Waals surface area contributed by atoms with Gasteiger partial charge in [-0.15, -0.1) is 0 Å². The monoisotopic (exact) mass is 397 g/mol. The average molecular weight is 398 g/mol. The molecule has 2 heterocycles. The number of para-hydroxylation sites is 1. The number of carbonyl (C=O) groups excluding carboxylic acids is 1. The van der Waals surface area contributed by atoms with Crippen LogP contribution in [-0.4, -0.2) is 37.5 Å². The Labute approximate surface area is 166 Å². The van der Waals surface area contributed by atoms with Gasteiger partial charge in [0.05, 0.1) is 17.6 Å². The van der Waals surface area contributed by atoms with E-state index in [2.05, 4.69) is 27.3 Å². The molecule has 0 unspecified atom stereocenters. The van der Waals surface area contributed by atoms with Crippen LogP contribution < -0.4 is 10.9 Å². The fourth-order valence-corrected chi connectivity index (χ4v) is 4.30. The van der Waals surface area contributed by atoms with Crippen LogP contribution in [0.2, 0.25) is 0 Å². The van der Waals surface area contributed by atoms with Crippen LogP contribution in [0.5, 0.6) is 0 Å². The first-order valence-corrected chi connectivity index (χ1v) is 10.6. The lowest BCUT2D eigenvalue weighted by Gasteiger charge is -2.29. The lowest BCUT2D eigenvalue weighted by Crippen LogP contribution is -2.41. The van der Waals surface area contributed by atoms with Gasteiger partial charge in [-0.3, -0.25) is 9.59 Å². The number of aromatic amines is 1. The van der Waals surface area contributed by atoms with E-state index in [9.17, 15) is 9.59 Å². The van der Waals surface area contributed by atoms with Crippen LogP contribution in [0, 0.1) is 5.92 Å². The first kappa shape index (κ1) is 18.7. The highest BCUT2D eigenvalue weighted by Gasteiger charge is 2.23. The molecule has 1 aliphatic carbocycles. The largest absolute Gasteiger partial charge is 0.352 e. The molecule has 2 N–H and O–H groups in total. The zero-order valence-corrected chi connectivity index (χ0v) is 16.5. The van der Waals surface area contributed by atoms with Crippen molar-refractivity contribution in [3.05, 3.63) is 46.9 Å². The van der Waals surface area contributed by atoms with Crippen LogP contribution in [0.4, 0.5) is 0 Å². The normalized spacial score (nSPS) is 19.6. The summed E-state index contributed by atoms with van der Waals surface area (Å²) in [6.45, 7) is 2.19. The third-order valence-corrected chi connectivity index (χ3v) is 6.09. The Balaban J connectivity index is 1.50. The summed E-state index contributed by atoms with van der Waals surface area (Å²) in [6.07, 6.45) is 6.11. The maximum absolute atomic E-state index is 12.4. The van der Waals surface area contributed by atoms with Gasteiger partial charge in [-0.2, -0.15) is 5.10 Å². The molecule has 2 aromatic heterocycles. The maximum Gasteiger partial charge on any atom is 0.262 e. The number of nitrogens with zero attached hydrogens (tertiary/aromatic N) is 3.